The predicted molar refractivity (Wildman–Crippen MR) is 120 cm³/mol. The molecule has 0 aromatic carbocycles. The van der Waals surface area contributed by atoms with Crippen LogP contribution in [-0.4, -0.2) is 45.7 Å². The van der Waals surface area contributed by atoms with Gasteiger partial charge in [0.15, 0.2) is 5.82 Å². The number of nitrogens with zero attached hydrogens (tertiary/aromatic N) is 4. The van der Waals surface area contributed by atoms with Gasteiger partial charge >= 0.3 is 6.18 Å². The predicted octanol–water partition coefficient (Wildman–Crippen LogP) is 5.09. The maximum Gasteiger partial charge on any atom is 0.433 e. The summed E-state index contributed by atoms with van der Waals surface area (Å²) in [6, 6.07) is 3.94. The van der Waals surface area contributed by atoms with E-state index in [0.29, 0.717) is 17.8 Å². The zero-order chi connectivity index (χ0) is 23.6. The summed E-state index contributed by atoms with van der Waals surface area (Å²) in [6.45, 7) is 4.81. The van der Waals surface area contributed by atoms with Crippen molar-refractivity contribution < 1.29 is 17.9 Å². The molecule has 1 fully saturated rings. The fraction of sp³-hybridized carbons (Fsp3) is 0.565. The van der Waals surface area contributed by atoms with Crippen molar-refractivity contribution >= 4 is 11.9 Å². The third-order valence-electron chi connectivity index (χ3n) is 5.93. The summed E-state index contributed by atoms with van der Waals surface area (Å²) in [6.07, 6.45) is 0.566. The highest BCUT2D eigenvalue weighted by Crippen LogP contribution is 2.37. The minimum absolute atomic E-state index is 0.0526. The Bertz CT molecular complexity index is 1020. The molecule has 2 atom stereocenters. The van der Waals surface area contributed by atoms with E-state index in [1.807, 2.05) is 6.92 Å². The van der Waals surface area contributed by atoms with Gasteiger partial charge in [0.2, 0.25) is 11.9 Å². The summed E-state index contributed by atoms with van der Waals surface area (Å²) in [5.41, 5.74) is 1.91. The minimum Gasteiger partial charge on any atom is -0.384 e. The number of pyridine rings is 1. The molecular formula is C23H29F3N6O. The molecular weight excluding hydrogens is 433 g/mol. The first-order chi connectivity index (χ1) is 15.7. The van der Waals surface area contributed by atoms with Gasteiger partial charge in [0, 0.05) is 25.8 Å². The Morgan fingerprint density at radius 1 is 1.03 bits per heavy atom. The molecule has 0 amide bonds. The van der Waals surface area contributed by atoms with Crippen LogP contribution in [0.2, 0.25) is 0 Å². The summed E-state index contributed by atoms with van der Waals surface area (Å²) in [4.78, 5) is 17.0. The van der Waals surface area contributed by atoms with Crippen molar-refractivity contribution in [3.63, 3.8) is 0 Å². The lowest BCUT2D eigenvalue weighted by molar-refractivity contribution is -0.141. The molecule has 0 bridgehead atoms. The minimum atomic E-state index is -4.54. The van der Waals surface area contributed by atoms with E-state index in [1.165, 1.54) is 23.3 Å². The number of halogens is 3. The van der Waals surface area contributed by atoms with E-state index in [9.17, 15) is 13.2 Å². The Balaban J connectivity index is 1.55. The van der Waals surface area contributed by atoms with Gasteiger partial charge in [-0.15, -0.1) is 0 Å². The van der Waals surface area contributed by atoms with E-state index in [2.05, 4.69) is 37.5 Å². The van der Waals surface area contributed by atoms with Gasteiger partial charge in [-0.25, -0.2) is 4.98 Å². The van der Waals surface area contributed by atoms with Gasteiger partial charge in [-0.3, -0.25) is 0 Å². The van der Waals surface area contributed by atoms with Gasteiger partial charge < -0.3 is 15.4 Å². The Hall–Kier alpha value is -2.75. The van der Waals surface area contributed by atoms with Crippen LogP contribution < -0.4 is 10.6 Å². The molecule has 1 saturated carbocycles. The lowest BCUT2D eigenvalue weighted by Gasteiger charge is -2.17. The number of rotatable bonds is 11. The second kappa shape index (κ2) is 9.62. The van der Waals surface area contributed by atoms with E-state index in [0.717, 1.165) is 44.8 Å². The number of anilines is 2. The van der Waals surface area contributed by atoms with Crippen LogP contribution >= 0.6 is 0 Å². The number of ether oxygens (including phenoxy) is 1. The topological polar surface area (TPSA) is 84.9 Å². The first-order valence-electron chi connectivity index (χ1n) is 11.3. The highest BCUT2D eigenvalue weighted by atomic mass is 19.4. The van der Waals surface area contributed by atoms with Gasteiger partial charge in [-0.05, 0) is 64.0 Å². The van der Waals surface area contributed by atoms with E-state index in [1.54, 1.807) is 7.11 Å². The van der Waals surface area contributed by atoms with Crippen molar-refractivity contribution in [1.82, 2.24) is 19.9 Å². The standard InChI is InChI=1S/C23H29F3N6O/c1-13(11-17-12-16(17)9-10-33-3)27-21-30-20(18-5-4-6-19(29-18)23(24,25)26)31-22(32-21)28-14(2)15-7-8-15/h4-6,13-15H,7-12H2,1-3H3,(H2,27,28,30,31,32)/t13?,14-/m1/s1. The van der Waals surface area contributed by atoms with Crippen LogP contribution in [0, 0.1) is 5.92 Å². The van der Waals surface area contributed by atoms with Gasteiger partial charge in [-0.2, -0.15) is 28.1 Å². The van der Waals surface area contributed by atoms with Gasteiger partial charge in [0.05, 0.1) is 0 Å². The molecule has 4 rings (SSSR count). The second-order valence-corrected chi connectivity index (χ2v) is 8.86. The summed E-state index contributed by atoms with van der Waals surface area (Å²) < 4.78 is 44.6. The maximum absolute atomic E-state index is 13.2. The molecule has 7 nitrogen and oxygen atoms in total. The molecule has 178 valence electrons. The van der Waals surface area contributed by atoms with E-state index in [-0.39, 0.29) is 23.6 Å². The van der Waals surface area contributed by atoms with Crippen molar-refractivity contribution in [2.45, 2.75) is 64.2 Å². The molecule has 2 aliphatic rings. The number of methoxy groups -OCH3 is 1. The lowest BCUT2D eigenvalue weighted by atomic mass is 10.2. The number of nitrogens with one attached hydrogen (secondary N) is 2. The van der Waals surface area contributed by atoms with Crippen LogP contribution in [0.15, 0.2) is 29.3 Å². The Morgan fingerprint density at radius 3 is 2.42 bits per heavy atom. The van der Waals surface area contributed by atoms with Crippen molar-refractivity contribution in [2.75, 3.05) is 24.4 Å². The molecule has 0 saturated heterocycles. The van der Waals surface area contributed by atoms with E-state index in [4.69, 9.17) is 4.74 Å². The zero-order valence-electron chi connectivity index (χ0n) is 19.0. The fourth-order valence-corrected chi connectivity index (χ4v) is 3.82. The molecule has 0 spiro atoms. The summed E-state index contributed by atoms with van der Waals surface area (Å²) in [7, 11) is 1.69. The summed E-state index contributed by atoms with van der Waals surface area (Å²) in [5.74, 6) is 1.30. The number of aromatic nitrogens is 4. The first-order valence-corrected chi connectivity index (χ1v) is 11.3. The first kappa shape index (κ1) is 23.4. The van der Waals surface area contributed by atoms with Crippen LogP contribution in [0.4, 0.5) is 25.1 Å². The van der Waals surface area contributed by atoms with Crippen LogP contribution in [0.1, 0.15) is 51.6 Å². The normalized spacial score (nSPS) is 17.6. The third kappa shape index (κ3) is 6.40. The molecule has 0 radical (unpaired) electrons. The van der Waals surface area contributed by atoms with Crippen molar-refractivity contribution in [2.24, 2.45) is 5.92 Å². The second-order valence-electron chi connectivity index (χ2n) is 8.86. The summed E-state index contributed by atoms with van der Waals surface area (Å²) in [5, 5.41) is 6.57. The van der Waals surface area contributed by atoms with E-state index >= 15 is 0 Å². The number of hydrogen-bond donors (Lipinski definition) is 2. The monoisotopic (exact) mass is 462 g/mol. The molecule has 2 aromatic rings. The van der Waals surface area contributed by atoms with Gasteiger partial charge in [-0.1, -0.05) is 17.2 Å². The molecule has 33 heavy (non-hydrogen) atoms. The Kier molecular flexibility index (Phi) is 6.83. The lowest BCUT2D eigenvalue weighted by Crippen LogP contribution is -2.22. The summed E-state index contributed by atoms with van der Waals surface area (Å²) >= 11 is 0. The van der Waals surface area contributed by atoms with Crippen LogP contribution in [0.5, 0.6) is 0 Å². The number of hydrogen-bond acceptors (Lipinski definition) is 7. The largest absolute Gasteiger partial charge is 0.433 e. The Labute approximate surface area is 191 Å². The zero-order valence-corrected chi connectivity index (χ0v) is 19.0. The van der Waals surface area contributed by atoms with Gasteiger partial charge in [0.1, 0.15) is 11.4 Å². The van der Waals surface area contributed by atoms with Crippen LogP contribution in [-0.2, 0) is 10.9 Å². The fourth-order valence-electron chi connectivity index (χ4n) is 3.82. The molecule has 2 heterocycles. The van der Waals surface area contributed by atoms with Crippen LogP contribution in [0.3, 0.4) is 0 Å². The SMILES string of the molecule is COCCC1=C(CC(C)Nc2nc(N[C@H](C)C3CC3)nc(-c3cccc(C(F)(F)F)n3)n2)C1. The molecule has 10 heteroatoms. The smallest absolute Gasteiger partial charge is 0.384 e. The Morgan fingerprint density at radius 2 is 1.76 bits per heavy atom. The van der Waals surface area contributed by atoms with Crippen molar-refractivity contribution in [3.05, 3.63) is 35.0 Å². The van der Waals surface area contributed by atoms with E-state index < -0.39 is 11.9 Å². The highest BCUT2D eigenvalue weighted by molar-refractivity contribution is 5.54. The van der Waals surface area contributed by atoms with Gasteiger partial charge in [0.25, 0.3) is 0 Å². The molecule has 1 unspecified atom stereocenters. The molecule has 2 N–H and O–H groups in total. The average Bonchev–Trinajstić information content (AvgIpc) is 3.67. The van der Waals surface area contributed by atoms with Crippen molar-refractivity contribution in [3.8, 4) is 11.5 Å². The molecule has 2 aliphatic carbocycles. The number of alkyl halides is 3. The maximum atomic E-state index is 13.2. The third-order valence-corrected chi connectivity index (χ3v) is 5.93. The molecule has 0 aliphatic heterocycles. The molecule has 2 aromatic heterocycles. The quantitative estimate of drug-likeness (QED) is 0.450. The highest BCUT2D eigenvalue weighted by Gasteiger charge is 2.33. The van der Waals surface area contributed by atoms with Crippen LogP contribution in [0.25, 0.3) is 11.5 Å². The van der Waals surface area contributed by atoms with Crippen molar-refractivity contribution in [1.29, 1.82) is 0 Å². The average molecular weight is 463 g/mol.